The van der Waals surface area contributed by atoms with Crippen molar-refractivity contribution in [1.29, 1.82) is 0 Å². The topological polar surface area (TPSA) is 100 Å². The van der Waals surface area contributed by atoms with E-state index in [-0.39, 0.29) is 11.5 Å². The molecule has 1 aliphatic heterocycles. The van der Waals surface area contributed by atoms with Gasteiger partial charge in [-0.25, -0.2) is 8.42 Å². The first-order valence-corrected chi connectivity index (χ1v) is 8.15. The van der Waals surface area contributed by atoms with Crippen LogP contribution in [-0.2, 0) is 9.84 Å². The molecule has 0 amide bonds. The van der Waals surface area contributed by atoms with Crippen molar-refractivity contribution >= 4 is 27.7 Å². The molecule has 9 heteroatoms. The van der Waals surface area contributed by atoms with E-state index in [9.17, 15) is 8.42 Å². The van der Waals surface area contributed by atoms with E-state index in [1.54, 1.807) is 11.9 Å². The third kappa shape index (κ3) is 3.27. The van der Waals surface area contributed by atoms with E-state index in [2.05, 4.69) is 25.6 Å². The number of nitrogens with zero attached hydrogens (tertiary/aromatic N) is 4. The minimum atomic E-state index is -2.98. The lowest BCUT2D eigenvalue weighted by atomic mass is 10.0. The normalized spacial score (nSPS) is 24.4. The van der Waals surface area contributed by atoms with Gasteiger partial charge in [-0.15, -0.1) is 0 Å². The first-order chi connectivity index (χ1) is 9.23. The van der Waals surface area contributed by atoms with Crippen LogP contribution in [-0.4, -0.2) is 61.6 Å². The third-order valence-corrected chi connectivity index (χ3v) is 5.07. The summed E-state index contributed by atoms with van der Waals surface area (Å²) in [7, 11) is 2.41. The lowest BCUT2D eigenvalue weighted by molar-refractivity contribution is 0.569. The molecule has 1 unspecified atom stereocenters. The van der Waals surface area contributed by atoms with Crippen molar-refractivity contribution in [2.45, 2.75) is 18.9 Å². The highest BCUT2D eigenvalue weighted by atomic mass is 32.2. The van der Waals surface area contributed by atoms with E-state index in [0.29, 0.717) is 24.3 Å². The molecular weight excluding hydrogens is 280 g/mol. The van der Waals surface area contributed by atoms with Crippen molar-refractivity contribution in [1.82, 2.24) is 15.0 Å². The molecule has 1 atom stereocenters. The molecule has 0 aromatic carbocycles. The molecule has 112 valence electrons. The SMILES string of the molecule is CNc1nc(NC2(C)CCS(=O)(=O)C2)nc(N(C)C)n1. The van der Waals surface area contributed by atoms with Gasteiger partial charge in [0.2, 0.25) is 17.8 Å². The van der Waals surface area contributed by atoms with Crippen molar-refractivity contribution < 1.29 is 8.42 Å². The average molecular weight is 300 g/mol. The van der Waals surface area contributed by atoms with Gasteiger partial charge in [0.25, 0.3) is 0 Å². The Balaban J connectivity index is 2.27. The Hall–Kier alpha value is -1.64. The second-order valence-corrected chi connectivity index (χ2v) is 7.64. The summed E-state index contributed by atoms with van der Waals surface area (Å²) in [6, 6.07) is 0. The number of rotatable bonds is 4. The maximum Gasteiger partial charge on any atom is 0.231 e. The van der Waals surface area contributed by atoms with Crippen LogP contribution in [0.5, 0.6) is 0 Å². The van der Waals surface area contributed by atoms with E-state index >= 15 is 0 Å². The van der Waals surface area contributed by atoms with E-state index < -0.39 is 15.4 Å². The number of sulfone groups is 1. The molecule has 2 rings (SSSR count). The van der Waals surface area contributed by atoms with Gasteiger partial charge in [0, 0.05) is 21.1 Å². The fourth-order valence-electron chi connectivity index (χ4n) is 2.11. The molecule has 1 aromatic rings. The van der Waals surface area contributed by atoms with E-state index in [0.717, 1.165) is 0 Å². The van der Waals surface area contributed by atoms with E-state index in [4.69, 9.17) is 0 Å². The zero-order valence-corrected chi connectivity index (χ0v) is 13.0. The van der Waals surface area contributed by atoms with Crippen LogP contribution in [0.2, 0.25) is 0 Å². The smallest absolute Gasteiger partial charge is 0.231 e. The minimum absolute atomic E-state index is 0.0951. The van der Waals surface area contributed by atoms with Crippen LogP contribution in [0.4, 0.5) is 17.8 Å². The van der Waals surface area contributed by atoms with Crippen LogP contribution in [0.15, 0.2) is 0 Å². The fraction of sp³-hybridized carbons (Fsp3) is 0.727. The highest BCUT2D eigenvalue weighted by molar-refractivity contribution is 7.91. The first-order valence-electron chi connectivity index (χ1n) is 6.33. The molecule has 0 aliphatic carbocycles. The standard InChI is InChI=1S/C11H20N6O2S/c1-11(5-6-20(18,19)7-11)16-9-13-8(12-2)14-10(15-9)17(3)4/h5-7H2,1-4H3,(H2,12,13,14,15,16). The largest absolute Gasteiger partial charge is 0.357 e. The van der Waals surface area contributed by atoms with Gasteiger partial charge < -0.3 is 15.5 Å². The molecule has 1 saturated heterocycles. The van der Waals surface area contributed by atoms with Gasteiger partial charge in [0.15, 0.2) is 9.84 Å². The summed E-state index contributed by atoms with van der Waals surface area (Å²) in [5.74, 6) is 1.62. The average Bonchev–Trinajstić information content (AvgIpc) is 2.62. The van der Waals surface area contributed by atoms with Crippen molar-refractivity contribution in [3.05, 3.63) is 0 Å². The number of anilines is 3. The van der Waals surface area contributed by atoms with Crippen LogP contribution in [0.1, 0.15) is 13.3 Å². The highest BCUT2D eigenvalue weighted by Gasteiger charge is 2.39. The molecule has 1 fully saturated rings. The van der Waals surface area contributed by atoms with Crippen molar-refractivity contribution in [3.63, 3.8) is 0 Å². The number of nitrogens with one attached hydrogen (secondary N) is 2. The quantitative estimate of drug-likeness (QED) is 0.799. The Kier molecular flexibility index (Phi) is 3.72. The van der Waals surface area contributed by atoms with Crippen LogP contribution in [0.3, 0.4) is 0 Å². The van der Waals surface area contributed by atoms with Gasteiger partial charge in [-0.05, 0) is 13.3 Å². The Morgan fingerprint density at radius 3 is 2.35 bits per heavy atom. The van der Waals surface area contributed by atoms with Crippen LogP contribution < -0.4 is 15.5 Å². The van der Waals surface area contributed by atoms with Gasteiger partial charge in [0.1, 0.15) is 0 Å². The summed E-state index contributed by atoms with van der Waals surface area (Å²) < 4.78 is 23.2. The summed E-state index contributed by atoms with van der Waals surface area (Å²) in [6.45, 7) is 1.87. The maximum absolute atomic E-state index is 11.6. The molecule has 1 aromatic heterocycles. The molecule has 8 nitrogen and oxygen atoms in total. The number of hydrogen-bond donors (Lipinski definition) is 2. The van der Waals surface area contributed by atoms with Gasteiger partial charge in [-0.3, -0.25) is 0 Å². The van der Waals surface area contributed by atoms with E-state index in [1.807, 2.05) is 21.0 Å². The van der Waals surface area contributed by atoms with Crippen molar-refractivity contribution in [2.24, 2.45) is 0 Å². The molecule has 1 aliphatic rings. The zero-order chi connectivity index (χ0) is 15.0. The fourth-order valence-corrected chi connectivity index (χ4v) is 4.20. The first kappa shape index (κ1) is 14.8. The maximum atomic E-state index is 11.6. The second-order valence-electron chi connectivity index (χ2n) is 5.45. The summed E-state index contributed by atoms with van der Waals surface area (Å²) in [4.78, 5) is 14.5. The lowest BCUT2D eigenvalue weighted by Crippen LogP contribution is -2.37. The Morgan fingerprint density at radius 2 is 1.85 bits per heavy atom. The van der Waals surface area contributed by atoms with E-state index in [1.165, 1.54) is 0 Å². The lowest BCUT2D eigenvalue weighted by Gasteiger charge is -2.24. The molecule has 0 saturated carbocycles. The second kappa shape index (κ2) is 5.04. The third-order valence-electron chi connectivity index (χ3n) is 3.16. The molecule has 0 spiro atoms. The van der Waals surface area contributed by atoms with Gasteiger partial charge in [0.05, 0.1) is 17.0 Å². The highest BCUT2D eigenvalue weighted by Crippen LogP contribution is 2.26. The Morgan fingerprint density at radius 1 is 1.20 bits per heavy atom. The van der Waals surface area contributed by atoms with Crippen molar-refractivity contribution in [3.8, 4) is 0 Å². The zero-order valence-electron chi connectivity index (χ0n) is 12.1. The molecular formula is C11H20N6O2S. The number of hydrogen-bond acceptors (Lipinski definition) is 8. The summed E-state index contributed by atoms with van der Waals surface area (Å²) >= 11 is 0. The van der Waals surface area contributed by atoms with Crippen LogP contribution in [0, 0.1) is 0 Å². The van der Waals surface area contributed by atoms with Gasteiger partial charge in [-0.2, -0.15) is 15.0 Å². The predicted molar refractivity (Wildman–Crippen MR) is 79.0 cm³/mol. The van der Waals surface area contributed by atoms with Crippen molar-refractivity contribution in [2.75, 3.05) is 48.2 Å². The summed E-state index contributed by atoms with van der Waals surface area (Å²) in [5, 5.41) is 6.00. The monoisotopic (exact) mass is 300 g/mol. The van der Waals surface area contributed by atoms with Crippen LogP contribution in [0.25, 0.3) is 0 Å². The molecule has 0 bridgehead atoms. The molecule has 2 N–H and O–H groups in total. The molecule has 0 radical (unpaired) electrons. The minimum Gasteiger partial charge on any atom is -0.357 e. The predicted octanol–water partition coefficient (Wildman–Crippen LogP) is -0.0316. The van der Waals surface area contributed by atoms with Gasteiger partial charge in [-0.1, -0.05) is 0 Å². The Bertz CT molecular complexity index is 603. The number of aromatic nitrogens is 3. The Labute approximate surface area is 118 Å². The molecule has 2 heterocycles. The summed E-state index contributed by atoms with van der Waals surface area (Å²) in [5.41, 5.74) is -0.533. The molecule has 20 heavy (non-hydrogen) atoms. The van der Waals surface area contributed by atoms with Crippen LogP contribution >= 0.6 is 0 Å². The summed E-state index contributed by atoms with van der Waals surface area (Å²) in [6.07, 6.45) is 0.549. The van der Waals surface area contributed by atoms with Gasteiger partial charge >= 0.3 is 0 Å².